The zero-order chi connectivity index (χ0) is 12.5. The van der Waals surface area contributed by atoms with Crippen LogP contribution in [0.4, 0.5) is 0 Å². The van der Waals surface area contributed by atoms with Crippen molar-refractivity contribution in [3.05, 3.63) is 21.3 Å². The van der Waals surface area contributed by atoms with Gasteiger partial charge in [0, 0.05) is 29.5 Å². The molecular formula is C13H21ClN2S. The minimum atomic E-state index is 0.200. The summed E-state index contributed by atoms with van der Waals surface area (Å²) >= 11 is 7.68. The van der Waals surface area contributed by atoms with E-state index in [2.05, 4.69) is 37.1 Å². The third-order valence-corrected chi connectivity index (χ3v) is 4.59. The molecule has 1 aromatic heterocycles. The molecule has 1 atom stereocenters. The highest BCUT2D eigenvalue weighted by Crippen LogP contribution is 2.25. The van der Waals surface area contributed by atoms with Crippen LogP contribution in [0.15, 0.2) is 12.1 Å². The van der Waals surface area contributed by atoms with Gasteiger partial charge in [0.1, 0.15) is 0 Å². The van der Waals surface area contributed by atoms with E-state index >= 15 is 0 Å². The van der Waals surface area contributed by atoms with Crippen molar-refractivity contribution in [2.45, 2.75) is 45.3 Å². The monoisotopic (exact) mass is 272 g/mol. The fourth-order valence-electron chi connectivity index (χ4n) is 2.37. The maximum absolute atomic E-state index is 5.99. The van der Waals surface area contributed by atoms with E-state index < -0.39 is 0 Å². The van der Waals surface area contributed by atoms with Crippen molar-refractivity contribution >= 4 is 22.9 Å². The lowest BCUT2D eigenvalue weighted by Crippen LogP contribution is -2.47. The first-order valence-corrected chi connectivity index (χ1v) is 7.39. The van der Waals surface area contributed by atoms with E-state index in [9.17, 15) is 0 Å². The molecule has 1 saturated heterocycles. The lowest BCUT2D eigenvalue weighted by atomic mass is 10.1. The molecular weight excluding hydrogens is 252 g/mol. The molecule has 0 amide bonds. The fourth-order valence-corrected chi connectivity index (χ4v) is 3.48. The molecule has 1 aliphatic heterocycles. The van der Waals surface area contributed by atoms with E-state index in [-0.39, 0.29) is 5.54 Å². The molecule has 0 spiro atoms. The lowest BCUT2D eigenvalue weighted by Gasteiger charge is -2.32. The summed E-state index contributed by atoms with van der Waals surface area (Å²) in [5.41, 5.74) is 0.200. The van der Waals surface area contributed by atoms with Gasteiger partial charge in [-0.25, -0.2) is 0 Å². The topological polar surface area (TPSA) is 15.3 Å². The standard InChI is InChI=1S/C13H21ClN2S/c1-10-6-7-15-13(2,3)9-16(10)8-11-4-5-12(14)17-11/h4-5,10,15H,6-9H2,1-3H3. The van der Waals surface area contributed by atoms with Gasteiger partial charge in [-0.15, -0.1) is 11.3 Å². The minimum absolute atomic E-state index is 0.200. The Morgan fingerprint density at radius 1 is 1.53 bits per heavy atom. The summed E-state index contributed by atoms with van der Waals surface area (Å²) in [4.78, 5) is 3.92. The van der Waals surface area contributed by atoms with Gasteiger partial charge in [-0.3, -0.25) is 4.90 Å². The Labute approximate surface area is 113 Å². The zero-order valence-electron chi connectivity index (χ0n) is 10.8. The van der Waals surface area contributed by atoms with E-state index in [1.165, 1.54) is 11.3 Å². The highest BCUT2D eigenvalue weighted by atomic mass is 35.5. The smallest absolute Gasteiger partial charge is 0.0931 e. The van der Waals surface area contributed by atoms with Gasteiger partial charge in [0.15, 0.2) is 0 Å². The molecule has 1 aromatic rings. The van der Waals surface area contributed by atoms with E-state index in [0.29, 0.717) is 6.04 Å². The van der Waals surface area contributed by atoms with E-state index in [0.717, 1.165) is 24.0 Å². The first-order chi connectivity index (χ1) is 7.96. The number of nitrogens with zero attached hydrogens (tertiary/aromatic N) is 1. The van der Waals surface area contributed by atoms with Crippen molar-refractivity contribution in [1.82, 2.24) is 10.2 Å². The van der Waals surface area contributed by atoms with Crippen LogP contribution in [0.25, 0.3) is 0 Å². The van der Waals surface area contributed by atoms with Gasteiger partial charge in [-0.05, 0) is 45.9 Å². The van der Waals surface area contributed by atoms with Crippen molar-refractivity contribution in [2.75, 3.05) is 13.1 Å². The van der Waals surface area contributed by atoms with Crippen molar-refractivity contribution < 1.29 is 0 Å². The predicted molar refractivity (Wildman–Crippen MR) is 75.9 cm³/mol. The van der Waals surface area contributed by atoms with Crippen LogP contribution in [0.5, 0.6) is 0 Å². The molecule has 0 radical (unpaired) electrons. The van der Waals surface area contributed by atoms with Crippen LogP contribution in [-0.2, 0) is 6.54 Å². The van der Waals surface area contributed by atoms with Gasteiger partial charge >= 0.3 is 0 Å². The van der Waals surface area contributed by atoms with Gasteiger partial charge in [-0.1, -0.05) is 11.6 Å². The number of halogens is 1. The minimum Gasteiger partial charge on any atom is -0.310 e. The quantitative estimate of drug-likeness (QED) is 0.888. The molecule has 2 nitrogen and oxygen atoms in total. The second-order valence-corrected chi connectivity index (χ2v) is 7.36. The third-order valence-electron chi connectivity index (χ3n) is 3.38. The molecule has 1 unspecified atom stereocenters. The SMILES string of the molecule is CC1CCNC(C)(C)CN1Cc1ccc(Cl)s1. The normalized spacial score (nSPS) is 25.8. The van der Waals surface area contributed by atoms with Crippen LogP contribution < -0.4 is 5.32 Å². The van der Waals surface area contributed by atoms with Gasteiger partial charge in [-0.2, -0.15) is 0 Å². The summed E-state index contributed by atoms with van der Waals surface area (Å²) in [6, 6.07) is 4.77. The molecule has 2 rings (SSSR count). The van der Waals surface area contributed by atoms with Gasteiger partial charge in [0.05, 0.1) is 4.34 Å². The second kappa shape index (κ2) is 5.27. The Morgan fingerprint density at radius 3 is 2.94 bits per heavy atom. The van der Waals surface area contributed by atoms with Crippen LogP contribution in [0.2, 0.25) is 4.34 Å². The van der Waals surface area contributed by atoms with Crippen molar-refractivity contribution in [1.29, 1.82) is 0 Å². The van der Waals surface area contributed by atoms with Crippen molar-refractivity contribution in [2.24, 2.45) is 0 Å². The average molecular weight is 273 g/mol. The molecule has 1 aliphatic rings. The molecule has 1 fully saturated rings. The van der Waals surface area contributed by atoms with Gasteiger partial charge < -0.3 is 5.32 Å². The lowest BCUT2D eigenvalue weighted by molar-refractivity contribution is 0.174. The first-order valence-electron chi connectivity index (χ1n) is 6.19. The molecule has 0 saturated carbocycles. The summed E-state index contributed by atoms with van der Waals surface area (Å²) < 4.78 is 0.889. The molecule has 96 valence electrons. The summed E-state index contributed by atoms with van der Waals surface area (Å²) in [5.74, 6) is 0. The van der Waals surface area contributed by atoms with E-state index in [1.54, 1.807) is 11.3 Å². The summed E-state index contributed by atoms with van der Waals surface area (Å²) in [7, 11) is 0. The maximum Gasteiger partial charge on any atom is 0.0931 e. The van der Waals surface area contributed by atoms with Crippen LogP contribution >= 0.6 is 22.9 Å². The Bertz CT molecular complexity index is 375. The van der Waals surface area contributed by atoms with E-state index in [4.69, 9.17) is 11.6 Å². The predicted octanol–water partition coefficient (Wildman–Crippen LogP) is 3.36. The Kier molecular flexibility index (Phi) is 4.14. The summed E-state index contributed by atoms with van der Waals surface area (Å²) in [5, 5.41) is 3.61. The van der Waals surface area contributed by atoms with Gasteiger partial charge in [0.25, 0.3) is 0 Å². The van der Waals surface area contributed by atoms with Crippen LogP contribution in [-0.4, -0.2) is 29.6 Å². The van der Waals surface area contributed by atoms with Crippen molar-refractivity contribution in [3.8, 4) is 0 Å². The number of hydrogen-bond acceptors (Lipinski definition) is 3. The molecule has 0 bridgehead atoms. The number of nitrogens with one attached hydrogen (secondary N) is 1. The summed E-state index contributed by atoms with van der Waals surface area (Å²) in [6.45, 7) is 10.1. The zero-order valence-corrected chi connectivity index (χ0v) is 12.4. The first kappa shape index (κ1) is 13.3. The van der Waals surface area contributed by atoms with Crippen LogP contribution in [0.3, 0.4) is 0 Å². The highest BCUT2D eigenvalue weighted by Gasteiger charge is 2.27. The number of hydrogen-bond donors (Lipinski definition) is 1. The highest BCUT2D eigenvalue weighted by molar-refractivity contribution is 7.16. The third kappa shape index (κ3) is 3.68. The largest absolute Gasteiger partial charge is 0.310 e. The molecule has 0 aromatic carbocycles. The maximum atomic E-state index is 5.99. The van der Waals surface area contributed by atoms with Crippen LogP contribution in [0.1, 0.15) is 32.1 Å². The van der Waals surface area contributed by atoms with Crippen LogP contribution in [0, 0.1) is 0 Å². The molecule has 0 aliphatic carbocycles. The number of thiophene rings is 1. The molecule has 4 heteroatoms. The molecule has 17 heavy (non-hydrogen) atoms. The van der Waals surface area contributed by atoms with Crippen molar-refractivity contribution in [3.63, 3.8) is 0 Å². The number of rotatable bonds is 2. The molecule has 1 N–H and O–H groups in total. The van der Waals surface area contributed by atoms with Gasteiger partial charge in [0.2, 0.25) is 0 Å². The fraction of sp³-hybridized carbons (Fsp3) is 0.692. The summed E-state index contributed by atoms with van der Waals surface area (Å²) in [6.07, 6.45) is 1.21. The Hall–Kier alpha value is -0.0900. The second-order valence-electron chi connectivity index (χ2n) is 5.56. The Balaban J connectivity index is 2.06. The Morgan fingerprint density at radius 2 is 2.29 bits per heavy atom. The molecule has 2 heterocycles. The van der Waals surface area contributed by atoms with E-state index in [1.807, 2.05) is 6.07 Å². The average Bonchev–Trinajstić information content (AvgIpc) is 2.56.